The monoisotopic (exact) mass is 420 g/mol. The molecule has 0 aromatic carbocycles. The van der Waals surface area contributed by atoms with Crippen LogP contribution >= 0.6 is 0 Å². The highest BCUT2D eigenvalue weighted by Gasteiger charge is 2.25. The third-order valence-electron chi connectivity index (χ3n) is 5.99. The molecule has 4 rings (SSSR count). The molecule has 0 spiro atoms. The number of amides is 1. The van der Waals surface area contributed by atoms with Gasteiger partial charge in [-0.05, 0) is 30.2 Å². The topological polar surface area (TPSA) is 57.0 Å². The largest absolute Gasteiger partial charge is 0.340 e. The lowest BCUT2D eigenvalue weighted by Gasteiger charge is -2.34. The lowest BCUT2D eigenvalue weighted by molar-refractivity contribution is 0.0783. The van der Waals surface area contributed by atoms with Gasteiger partial charge >= 0.3 is 0 Å². The molecule has 0 N–H and O–H groups in total. The first kappa shape index (κ1) is 21.5. The van der Waals surface area contributed by atoms with Crippen LogP contribution in [0.2, 0.25) is 0 Å². The van der Waals surface area contributed by atoms with Gasteiger partial charge in [0.15, 0.2) is 5.69 Å². The Hall–Kier alpha value is -2.77. The number of piperazine rings is 1. The highest BCUT2D eigenvalue weighted by Crippen LogP contribution is 2.18. The third-order valence-corrected chi connectivity index (χ3v) is 5.99. The van der Waals surface area contributed by atoms with Gasteiger partial charge in [-0.2, -0.15) is 0 Å². The second-order valence-electron chi connectivity index (χ2n) is 8.33. The number of carbonyl (C=O) groups excluding carboxylic acids is 1. The summed E-state index contributed by atoms with van der Waals surface area (Å²) in [6.07, 6.45) is 7.84. The molecule has 0 atom stereocenters. The number of fused-ring (bicyclic) bond motifs is 1. The number of aromatic nitrogens is 3. The first-order chi connectivity index (χ1) is 15.2. The van der Waals surface area contributed by atoms with Crippen molar-refractivity contribution in [2.45, 2.75) is 32.9 Å². The zero-order valence-corrected chi connectivity index (χ0v) is 18.6. The van der Waals surface area contributed by atoms with E-state index >= 15 is 0 Å². The van der Waals surface area contributed by atoms with Crippen molar-refractivity contribution in [1.82, 2.24) is 29.1 Å². The lowest BCUT2D eigenvalue weighted by atomic mass is 10.2. The summed E-state index contributed by atoms with van der Waals surface area (Å²) in [6, 6.07) is 10.1. The van der Waals surface area contributed by atoms with Gasteiger partial charge in [-0.1, -0.05) is 25.5 Å². The number of imidazole rings is 1. The molecule has 7 nitrogen and oxygen atoms in total. The Morgan fingerprint density at radius 2 is 1.84 bits per heavy atom. The van der Waals surface area contributed by atoms with Crippen molar-refractivity contribution in [3.8, 4) is 0 Å². The molecule has 0 radical (unpaired) electrons. The molecule has 3 aromatic rings. The van der Waals surface area contributed by atoms with E-state index in [9.17, 15) is 4.79 Å². The van der Waals surface area contributed by atoms with E-state index in [1.165, 1.54) is 5.56 Å². The Kier molecular flexibility index (Phi) is 6.94. The van der Waals surface area contributed by atoms with E-state index in [4.69, 9.17) is 4.98 Å². The number of hydrogen-bond donors (Lipinski definition) is 0. The van der Waals surface area contributed by atoms with Crippen LogP contribution in [0.4, 0.5) is 0 Å². The number of nitrogens with zero attached hydrogens (tertiary/aromatic N) is 6. The Labute approximate surface area is 184 Å². The molecule has 1 fully saturated rings. The van der Waals surface area contributed by atoms with Crippen LogP contribution in [0.1, 0.15) is 41.5 Å². The quantitative estimate of drug-likeness (QED) is 0.561. The molecule has 31 heavy (non-hydrogen) atoms. The minimum absolute atomic E-state index is 0.0161. The SMILES string of the molecule is CCCCN(C)C(=O)c1nc2ccccn2c1CN1CCN(Cc2cccnc2)CC1. The molecule has 0 unspecified atom stereocenters. The van der Waals surface area contributed by atoms with Crippen LogP contribution < -0.4 is 0 Å². The van der Waals surface area contributed by atoms with Gasteiger partial charge in [0.05, 0.1) is 5.69 Å². The predicted molar refractivity (Wildman–Crippen MR) is 122 cm³/mol. The fourth-order valence-corrected chi connectivity index (χ4v) is 4.11. The standard InChI is InChI=1S/C24H32N6O/c1-3-4-11-27(2)24(31)23-21(30-12-6-5-9-22(30)26-23)19-29-15-13-28(14-16-29)18-20-8-7-10-25-17-20/h5-10,12,17H,3-4,11,13-16,18-19H2,1-2H3. The minimum atomic E-state index is 0.0161. The van der Waals surface area contributed by atoms with Gasteiger partial charge in [-0.3, -0.25) is 19.6 Å². The average molecular weight is 421 g/mol. The van der Waals surface area contributed by atoms with Crippen LogP contribution in [0.15, 0.2) is 48.9 Å². The van der Waals surface area contributed by atoms with Gasteiger partial charge in [-0.15, -0.1) is 0 Å². The molecule has 7 heteroatoms. The van der Waals surface area contributed by atoms with Crippen molar-refractivity contribution in [2.24, 2.45) is 0 Å². The van der Waals surface area contributed by atoms with Crippen molar-refractivity contribution >= 4 is 11.6 Å². The molecule has 1 aliphatic heterocycles. The third kappa shape index (κ3) is 5.11. The molecule has 164 valence electrons. The van der Waals surface area contributed by atoms with E-state index in [1.54, 1.807) is 4.90 Å². The van der Waals surface area contributed by atoms with Crippen molar-refractivity contribution in [2.75, 3.05) is 39.8 Å². The normalized spacial score (nSPS) is 15.4. The lowest BCUT2D eigenvalue weighted by Crippen LogP contribution is -2.45. The summed E-state index contributed by atoms with van der Waals surface area (Å²) < 4.78 is 2.07. The van der Waals surface area contributed by atoms with Gasteiger partial charge in [0.1, 0.15) is 5.65 Å². The Balaban J connectivity index is 1.46. The van der Waals surface area contributed by atoms with Crippen LogP contribution in [0.25, 0.3) is 5.65 Å². The highest BCUT2D eigenvalue weighted by atomic mass is 16.2. The van der Waals surface area contributed by atoms with Crippen LogP contribution in [0.3, 0.4) is 0 Å². The van der Waals surface area contributed by atoms with E-state index in [0.29, 0.717) is 5.69 Å². The van der Waals surface area contributed by atoms with E-state index in [-0.39, 0.29) is 5.91 Å². The smallest absolute Gasteiger partial charge is 0.274 e. The predicted octanol–water partition coefficient (Wildman–Crippen LogP) is 2.92. The molecule has 1 aliphatic rings. The Morgan fingerprint density at radius 1 is 1.06 bits per heavy atom. The molecule has 0 bridgehead atoms. The molecule has 3 aromatic heterocycles. The van der Waals surface area contributed by atoms with Gasteiger partial charge in [0.25, 0.3) is 5.91 Å². The molecular formula is C24H32N6O. The van der Waals surface area contributed by atoms with E-state index in [0.717, 1.165) is 70.0 Å². The van der Waals surface area contributed by atoms with E-state index in [2.05, 4.69) is 32.2 Å². The van der Waals surface area contributed by atoms with Gasteiger partial charge in [0.2, 0.25) is 0 Å². The van der Waals surface area contributed by atoms with Crippen LogP contribution in [-0.4, -0.2) is 74.7 Å². The number of carbonyl (C=O) groups is 1. The molecule has 4 heterocycles. The number of unbranched alkanes of at least 4 members (excludes halogenated alkanes) is 1. The second-order valence-corrected chi connectivity index (χ2v) is 8.33. The molecule has 0 aliphatic carbocycles. The first-order valence-corrected chi connectivity index (χ1v) is 11.2. The fraction of sp³-hybridized carbons (Fsp3) is 0.458. The summed E-state index contributed by atoms with van der Waals surface area (Å²) in [5, 5.41) is 0. The number of rotatable bonds is 8. The van der Waals surface area contributed by atoms with Crippen LogP contribution in [0.5, 0.6) is 0 Å². The Bertz CT molecular complexity index is 994. The summed E-state index contributed by atoms with van der Waals surface area (Å²) >= 11 is 0. The van der Waals surface area contributed by atoms with Crippen molar-refractivity contribution in [3.05, 3.63) is 65.9 Å². The minimum Gasteiger partial charge on any atom is -0.340 e. The van der Waals surface area contributed by atoms with Crippen molar-refractivity contribution < 1.29 is 4.79 Å². The maximum atomic E-state index is 13.2. The van der Waals surface area contributed by atoms with Crippen molar-refractivity contribution in [3.63, 3.8) is 0 Å². The van der Waals surface area contributed by atoms with Gasteiger partial charge in [-0.25, -0.2) is 4.98 Å². The first-order valence-electron chi connectivity index (χ1n) is 11.2. The maximum absolute atomic E-state index is 13.2. The maximum Gasteiger partial charge on any atom is 0.274 e. The molecule has 1 amide bonds. The summed E-state index contributed by atoms with van der Waals surface area (Å²) in [5.41, 5.74) is 3.66. The number of hydrogen-bond acceptors (Lipinski definition) is 5. The summed E-state index contributed by atoms with van der Waals surface area (Å²) in [6.45, 7) is 8.52. The zero-order valence-electron chi connectivity index (χ0n) is 18.6. The second kappa shape index (κ2) is 10.0. The fourth-order valence-electron chi connectivity index (χ4n) is 4.11. The van der Waals surface area contributed by atoms with E-state index in [1.807, 2.05) is 49.9 Å². The highest BCUT2D eigenvalue weighted by molar-refractivity contribution is 5.94. The Morgan fingerprint density at radius 3 is 2.55 bits per heavy atom. The molecular weight excluding hydrogens is 388 g/mol. The molecule has 1 saturated heterocycles. The average Bonchev–Trinajstić information content (AvgIpc) is 3.17. The van der Waals surface area contributed by atoms with Crippen molar-refractivity contribution in [1.29, 1.82) is 0 Å². The van der Waals surface area contributed by atoms with E-state index < -0.39 is 0 Å². The van der Waals surface area contributed by atoms with Gasteiger partial charge in [0, 0.05) is 71.5 Å². The number of pyridine rings is 2. The molecule has 0 saturated carbocycles. The van der Waals surface area contributed by atoms with Crippen LogP contribution in [0, 0.1) is 0 Å². The summed E-state index contributed by atoms with van der Waals surface area (Å²) in [7, 11) is 1.88. The zero-order chi connectivity index (χ0) is 21.6. The van der Waals surface area contributed by atoms with Gasteiger partial charge < -0.3 is 9.30 Å². The van der Waals surface area contributed by atoms with Crippen LogP contribution in [-0.2, 0) is 13.1 Å². The summed E-state index contributed by atoms with van der Waals surface area (Å²) in [4.78, 5) is 28.8. The summed E-state index contributed by atoms with van der Waals surface area (Å²) in [5.74, 6) is 0.0161.